The van der Waals surface area contributed by atoms with Gasteiger partial charge in [0.1, 0.15) is 5.56 Å². The molecule has 0 spiro atoms. The van der Waals surface area contributed by atoms with Gasteiger partial charge in [-0.1, -0.05) is 24.3 Å². The van der Waals surface area contributed by atoms with Gasteiger partial charge in [-0.15, -0.1) is 0 Å². The highest BCUT2D eigenvalue weighted by atomic mass is 19.2. The lowest BCUT2D eigenvalue weighted by Gasteiger charge is -2.15. The highest BCUT2D eigenvalue weighted by molar-refractivity contribution is 5.95. The van der Waals surface area contributed by atoms with Crippen LogP contribution in [0.2, 0.25) is 0 Å². The molecule has 2 atom stereocenters. The summed E-state index contributed by atoms with van der Waals surface area (Å²) >= 11 is 0. The number of benzene rings is 2. The van der Waals surface area contributed by atoms with E-state index in [2.05, 4.69) is 0 Å². The van der Waals surface area contributed by atoms with Gasteiger partial charge in [0.2, 0.25) is 5.82 Å². The van der Waals surface area contributed by atoms with Gasteiger partial charge in [-0.05, 0) is 0 Å². The van der Waals surface area contributed by atoms with Crippen molar-refractivity contribution >= 4 is 5.91 Å². The molecule has 126 valence electrons. The van der Waals surface area contributed by atoms with Crippen molar-refractivity contribution in [1.82, 2.24) is 5.32 Å². The number of aliphatic hydroxyl groups is 1. The Labute approximate surface area is 131 Å². The summed E-state index contributed by atoms with van der Waals surface area (Å²) in [6.07, 6.45) is -2.71. The van der Waals surface area contributed by atoms with Crippen molar-refractivity contribution < 1.29 is 36.6 Å². The van der Waals surface area contributed by atoms with Crippen LogP contribution in [0.4, 0.5) is 22.0 Å². The number of nitrogens with one attached hydrogen (secondary N) is 1. The number of aliphatic hydroxyl groups excluding tert-OH is 1. The molecular formula is C15H8F5NO3. The predicted octanol–water partition coefficient (Wildman–Crippen LogP) is 2.83. The van der Waals surface area contributed by atoms with Crippen LogP contribution in [0.15, 0.2) is 24.3 Å². The van der Waals surface area contributed by atoms with Crippen LogP contribution >= 0.6 is 0 Å². The van der Waals surface area contributed by atoms with Crippen LogP contribution in [0.5, 0.6) is 0 Å². The van der Waals surface area contributed by atoms with Crippen molar-refractivity contribution in [3.8, 4) is 0 Å². The lowest BCUT2D eigenvalue weighted by atomic mass is 10.1. The average molecular weight is 345 g/mol. The molecule has 1 aliphatic rings. The van der Waals surface area contributed by atoms with Gasteiger partial charge in [-0.25, -0.2) is 22.0 Å². The van der Waals surface area contributed by atoms with Crippen molar-refractivity contribution in [3.63, 3.8) is 0 Å². The van der Waals surface area contributed by atoms with Crippen LogP contribution in [-0.4, -0.2) is 11.0 Å². The minimum atomic E-state index is -2.36. The number of fused-ring (bicyclic) bond motifs is 1. The first-order valence-corrected chi connectivity index (χ1v) is 6.57. The number of ether oxygens (including phenoxy) is 1. The molecule has 2 aromatic rings. The molecule has 2 N–H and O–H groups in total. The van der Waals surface area contributed by atoms with Crippen LogP contribution in [0.1, 0.15) is 34.0 Å². The molecule has 1 amide bonds. The number of amides is 1. The van der Waals surface area contributed by atoms with Crippen molar-refractivity contribution in [2.75, 3.05) is 0 Å². The molecule has 2 unspecified atom stereocenters. The summed E-state index contributed by atoms with van der Waals surface area (Å²) in [4.78, 5) is 12.0. The number of hydrogen-bond acceptors (Lipinski definition) is 3. The summed E-state index contributed by atoms with van der Waals surface area (Å²) in [6, 6.07) is 6.09. The Morgan fingerprint density at radius 1 is 0.917 bits per heavy atom. The van der Waals surface area contributed by atoms with Crippen LogP contribution < -0.4 is 5.32 Å². The Kier molecular flexibility index (Phi) is 3.98. The lowest BCUT2D eigenvalue weighted by Crippen LogP contribution is -2.31. The van der Waals surface area contributed by atoms with Gasteiger partial charge in [0.15, 0.2) is 35.8 Å². The molecule has 0 aliphatic carbocycles. The number of rotatable bonds is 2. The van der Waals surface area contributed by atoms with Crippen LogP contribution in [0.3, 0.4) is 0 Å². The first-order valence-electron chi connectivity index (χ1n) is 6.57. The molecular weight excluding hydrogens is 337 g/mol. The third kappa shape index (κ3) is 2.42. The molecule has 0 radical (unpaired) electrons. The van der Waals surface area contributed by atoms with E-state index in [1.807, 2.05) is 5.32 Å². The number of carbonyl (C=O) groups is 1. The van der Waals surface area contributed by atoms with E-state index in [4.69, 9.17) is 4.74 Å². The highest BCUT2D eigenvalue weighted by Crippen LogP contribution is 2.36. The molecule has 9 heteroatoms. The third-order valence-electron chi connectivity index (χ3n) is 3.51. The minimum Gasteiger partial charge on any atom is -0.364 e. The third-order valence-corrected chi connectivity index (χ3v) is 3.51. The summed E-state index contributed by atoms with van der Waals surface area (Å²) in [5, 5.41) is 11.7. The fourth-order valence-corrected chi connectivity index (χ4v) is 2.36. The van der Waals surface area contributed by atoms with Gasteiger partial charge in [0, 0.05) is 11.1 Å². The smallest absolute Gasteiger partial charge is 0.259 e. The summed E-state index contributed by atoms with van der Waals surface area (Å²) in [5.74, 6) is -12.9. The molecule has 0 saturated heterocycles. The molecule has 0 bridgehead atoms. The van der Waals surface area contributed by atoms with Crippen molar-refractivity contribution in [3.05, 3.63) is 70.0 Å². The van der Waals surface area contributed by atoms with E-state index in [0.29, 0.717) is 11.1 Å². The molecule has 2 aromatic carbocycles. The van der Waals surface area contributed by atoms with Gasteiger partial charge < -0.3 is 15.2 Å². The van der Waals surface area contributed by atoms with E-state index < -0.39 is 53.1 Å². The Hall–Kier alpha value is -2.52. The van der Waals surface area contributed by atoms with Crippen LogP contribution in [0.25, 0.3) is 0 Å². The van der Waals surface area contributed by atoms with E-state index >= 15 is 0 Å². The standard InChI is InChI=1S/C15H8F5NO3/c16-8-7(9(17)11(19)12(20)10(8)18)13(22)21-14-5-3-1-2-4-6(5)15(23)24-14/h1-4,14-15,23H,(H,21,22). The zero-order valence-corrected chi connectivity index (χ0v) is 11.6. The lowest BCUT2D eigenvalue weighted by molar-refractivity contribution is -0.126. The quantitative estimate of drug-likeness (QED) is 0.500. The Bertz CT molecular complexity index is 813. The van der Waals surface area contributed by atoms with E-state index in [-0.39, 0.29) is 0 Å². The van der Waals surface area contributed by atoms with E-state index in [9.17, 15) is 31.9 Å². The zero-order chi connectivity index (χ0) is 17.6. The maximum Gasteiger partial charge on any atom is 0.259 e. The molecule has 1 aliphatic heterocycles. The summed E-state index contributed by atoms with van der Waals surface area (Å²) in [6.45, 7) is 0. The topological polar surface area (TPSA) is 58.6 Å². The maximum absolute atomic E-state index is 13.6. The predicted molar refractivity (Wildman–Crippen MR) is 68.9 cm³/mol. The summed E-state index contributed by atoms with van der Waals surface area (Å²) < 4.78 is 71.6. The fourth-order valence-electron chi connectivity index (χ4n) is 2.36. The van der Waals surface area contributed by atoms with Gasteiger partial charge in [0.25, 0.3) is 5.91 Å². The Morgan fingerprint density at radius 3 is 2.00 bits per heavy atom. The SMILES string of the molecule is O=C(NC1OC(O)c2ccccc21)c1c(F)c(F)c(F)c(F)c1F. The molecule has 1 heterocycles. The van der Waals surface area contributed by atoms with Gasteiger partial charge in [-0.2, -0.15) is 0 Å². The number of hydrogen-bond donors (Lipinski definition) is 2. The minimum absolute atomic E-state index is 0.294. The second kappa shape index (κ2) is 5.84. The molecule has 24 heavy (non-hydrogen) atoms. The molecule has 0 fully saturated rings. The van der Waals surface area contributed by atoms with Gasteiger partial charge >= 0.3 is 0 Å². The molecule has 0 aromatic heterocycles. The van der Waals surface area contributed by atoms with Gasteiger partial charge in [-0.3, -0.25) is 4.79 Å². The van der Waals surface area contributed by atoms with Gasteiger partial charge in [0.05, 0.1) is 0 Å². The largest absolute Gasteiger partial charge is 0.364 e. The van der Waals surface area contributed by atoms with Crippen molar-refractivity contribution in [1.29, 1.82) is 0 Å². The molecule has 3 rings (SSSR count). The summed E-state index contributed by atoms with van der Waals surface area (Å²) in [7, 11) is 0. The average Bonchev–Trinajstić information content (AvgIpc) is 2.88. The maximum atomic E-state index is 13.6. The van der Waals surface area contributed by atoms with Crippen LogP contribution in [0, 0.1) is 29.1 Å². The first kappa shape index (κ1) is 16.3. The zero-order valence-electron chi connectivity index (χ0n) is 11.6. The van der Waals surface area contributed by atoms with E-state index in [0.717, 1.165) is 0 Å². The molecule has 0 saturated carbocycles. The molecule has 4 nitrogen and oxygen atoms in total. The van der Waals surface area contributed by atoms with Crippen molar-refractivity contribution in [2.24, 2.45) is 0 Å². The summed E-state index contributed by atoms with van der Waals surface area (Å²) in [5.41, 5.74) is -1.03. The Balaban J connectivity index is 1.96. The monoisotopic (exact) mass is 345 g/mol. The number of halogens is 5. The van der Waals surface area contributed by atoms with Crippen molar-refractivity contribution in [2.45, 2.75) is 12.5 Å². The number of carbonyl (C=O) groups excluding carboxylic acids is 1. The van der Waals surface area contributed by atoms with E-state index in [1.165, 1.54) is 12.1 Å². The van der Waals surface area contributed by atoms with E-state index in [1.54, 1.807) is 12.1 Å². The van der Waals surface area contributed by atoms with Crippen LogP contribution in [-0.2, 0) is 4.74 Å². The first-order chi connectivity index (χ1) is 11.3. The second-order valence-electron chi connectivity index (χ2n) is 4.92. The normalized spacial score (nSPS) is 19.2. The second-order valence-corrected chi connectivity index (χ2v) is 4.92. The highest BCUT2D eigenvalue weighted by Gasteiger charge is 2.35. The fraction of sp³-hybridized carbons (Fsp3) is 0.133. The Morgan fingerprint density at radius 2 is 1.42 bits per heavy atom.